The van der Waals surface area contributed by atoms with Gasteiger partial charge < -0.3 is 10.5 Å². The van der Waals surface area contributed by atoms with Gasteiger partial charge in [-0.1, -0.05) is 25.1 Å². The van der Waals surface area contributed by atoms with Crippen molar-refractivity contribution in [2.75, 3.05) is 0 Å². The van der Waals surface area contributed by atoms with Crippen LogP contribution in [0, 0.1) is 13.8 Å². The molecule has 20 heavy (non-hydrogen) atoms. The fourth-order valence-corrected chi connectivity index (χ4v) is 2.25. The molecule has 0 atom stereocenters. The number of ether oxygens (including phenoxy) is 1. The molecule has 2 N–H and O–H groups in total. The molecule has 3 heteroatoms. The Bertz CT molecular complexity index is 633. The molecular weight excluding hydrogens is 250 g/mol. The monoisotopic (exact) mass is 269 g/mol. The summed E-state index contributed by atoms with van der Waals surface area (Å²) >= 11 is 0. The van der Waals surface area contributed by atoms with E-state index in [2.05, 4.69) is 0 Å². The fraction of sp³-hybridized carbons (Fsp3) is 0.235. The Hall–Kier alpha value is -2.29. The molecule has 0 aromatic heterocycles. The first-order chi connectivity index (χ1) is 9.54. The normalized spacial score (nSPS) is 10.3. The van der Waals surface area contributed by atoms with E-state index in [4.69, 9.17) is 10.5 Å². The summed E-state index contributed by atoms with van der Waals surface area (Å²) in [4.78, 5) is 11.6. The number of carbonyl (C=O) groups is 1. The SMILES string of the molecule is CCc1c(C(N)=O)cc(C)c(C)c1Oc1ccccc1. The largest absolute Gasteiger partial charge is 0.457 e. The first kappa shape index (κ1) is 14.1. The Morgan fingerprint density at radius 3 is 2.40 bits per heavy atom. The Labute approximate surface area is 119 Å². The van der Waals surface area contributed by atoms with Gasteiger partial charge in [-0.15, -0.1) is 0 Å². The third kappa shape index (κ3) is 2.67. The molecule has 0 aliphatic rings. The van der Waals surface area contributed by atoms with Gasteiger partial charge in [0, 0.05) is 11.1 Å². The van der Waals surface area contributed by atoms with Crippen LogP contribution in [0.2, 0.25) is 0 Å². The van der Waals surface area contributed by atoms with E-state index in [1.807, 2.05) is 57.2 Å². The molecule has 0 aliphatic heterocycles. The lowest BCUT2D eigenvalue weighted by atomic mass is 9.96. The van der Waals surface area contributed by atoms with Crippen LogP contribution in [-0.2, 0) is 6.42 Å². The molecule has 2 rings (SSSR count). The van der Waals surface area contributed by atoms with Crippen LogP contribution >= 0.6 is 0 Å². The van der Waals surface area contributed by atoms with Gasteiger partial charge in [-0.2, -0.15) is 0 Å². The molecule has 0 radical (unpaired) electrons. The average Bonchev–Trinajstić information content (AvgIpc) is 2.44. The van der Waals surface area contributed by atoms with Crippen LogP contribution in [0.5, 0.6) is 11.5 Å². The summed E-state index contributed by atoms with van der Waals surface area (Å²) in [5.41, 5.74) is 8.92. The zero-order valence-electron chi connectivity index (χ0n) is 12.1. The minimum Gasteiger partial charge on any atom is -0.457 e. The summed E-state index contributed by atoms with van der Waals surface area (Å²) in [7, 11) is 0. The Kier molecular flexibility index (Phi) is 4.08. The van der Waals surface area contributed by atoms with Gasteiger partial charge in [0.05, 0.1) is 0 Å². The van der Waals surface area contributed by atoms with Crippen molar-refractivity contribution in [2.45, 2.75) is 27.2 Å². The maximum atomic E-state index is 11.6. The van der Waals surface area contributed by atoms with E-state index in [-0.39, 0.29) is 0 Å². The molecule has 0 unspecified atom stereocenters. The molecule has 104 valence electrons. The van der Waals surface area contributed by atoms with Crippen LogP contribution in [0.25, 0.3) is 0 Å². The Balaban J connectivity index is 2.58. The van der Waals surface area contributed by atoms with Crippen LogP contribution in [0.1, 0.15) is 34.0 Å². The first-order valence-electron chi connectivity index (χ1n) is 6.70. The van der Waals surface area contributed by atoms with E-state index < -0.39 is 5.91 Å². The molecule has 3 nitrogen and oxygen atoms in total. The second-order valence-electron chi connectivity index (χ2n) is 4.81. The summed E-state index contributed by atoms with van der Waals surface area (Å²) in [6.07, 6.45) is 0.696. The maximum absolute atomic E-state index is 11.6. The number of para-hydroxylation sites is 1. The average molecular weight is 269 g/mol. The van der Waals surface area contributed by atoms with Crippen molar-refractivity contribution in [3.63, 3.8) is 0 Å². The minimum absolute atomic E-state index is 0.414. The van der Waals surface area contributed by atoms with Gasteiger partial charge in [-0.3, -0.25) is 4.79 Å². The zero-order valence-corrected chi connectivity index (χ0v) is 12.1. The van der Waals surface area contributed by atoms with Gasteiger partial charge in [-0.25, -0.2) is 0 Å². The zero-order chi connectivity index (χ0) is 14.7. The van der Waals surface area contributed by atoms with Crippen LogP contribution in [0.4, 0.5) is 0 Å². The molecule has 0 saturated carbocycles. The van der Waals surface area contributed by atoms with Crippen molar-refractivity contribution in [1.82, 2.24) is 0 Å². The fourth-order valence-electron chi connectivity index (χ4n) is 2.25. The third-order valence-electron chi connectivity index (χ3n) is 3.47. The van der Waals surface area contributed by atoms with Crippen LogP contribution in [0.3, 0.4) is 0 Å². The van der Waals surface area contributed by atoms with E-state index in [0.717, 1.165) is 28.2 Å². The number of hydrogen-bond donors (Lipinski definition) is 1. The highest BCUT2D eigenvalue weighted by atomic mass is 16.5. The molecule has 0 aliphatic carbocycles. The van der Waals surface area contributed by atoms with Crippen molar-refractivity contribution in [3.05, 3.63) is 58.7 Å². The Morgan fingerprint density at radius 1 is 1.20 bits per heavy atom. The molecule has 0 spiro atoms. The smallest absolute Gasteiger partial charge is 0.249 e. The molecule has 1 amide bonds. The van der Waals surface area contributed by atoms with E-state index in [9.17, 15) is 4.79 Å². The summed E-state index contributed by atoms with van der Waals surface area (Å²) < 4.78 is 6.00. The topological polar surface area (TPSA) is 52.3 Å². The first-order valence-corrected chi connectivity index (χ1v) is 6.70. The van der Waals surface area contributed by atoms with Crippen molar-refractivity contribution in [3.8, 4) is 11.5 Å². The quantitative estimate of drug-likeness (QED) is 0.918. The highest BCUT2D eigenvalue weighted by molar-refractivity contribution is 5.95. The molecule has 2 aromatic rings. The lowest BCUT2D eigenvalue weighted by Gasteiger charge is -2.17. The number of aryl methyl sites for hydroxylation is 1. The minimum atomic E-state index is -0.414. The third-order valence-corrected chi connectivity index (χ3v) is 3.47. The predicted octanol–water partition coefficient (Wildman–Crippen LogP) is 3.76. The van der Waals surface area contributed by atoms with E-state index in [1.165, 1.54) is 0 Å². The second kappa shape index (κ2) is 5.78. The van der Waals surface area contributed by atoms with Crippen molar-refractivity contribution < 1.29 is 9.53 Å². The number of amides is 1. The standard InChI is InChI=1S/C17H19NO2/c1-4-14-15(17(18)19)10-11(2)12(3)16(14)20-13-8-6-5-7-9-13/h5-10H,4H2,1-3H3,(H2,18,19). The number of rotatable bonds is 4. The second-order valence-corrected chi connectivity index (χ2v) is 4.81. The number of benzene rings is 2. The van der Waals surface area contributed by atoms with Crippen LogP contribution in [-0.4, -0.2) is 5.91 Å². The predicted molar refractivity (Wildman–Crippen MR) is 80.3 cm³/mol. The summed E-state index contributed by atoms with van der Waals surface area (Å²) in [6, 6.07) is 11.4. The molecule has 0 fully saturated rings. The van der Waals surface area contributed by atoms with Crippen LogP contribution < -0.4 is 10.5 Å². The molecule has 0 saturated heterocycles. The number of carbonyl (C=O) groups excluding carboxylic acids is 1. The van der Waals surface area contributed by atoms with Crippen molar-refractivity contribution >= 4 is 5.91 Å². The molecule has 0 heterocycles. The summed E-state index contributed by atoms with van der Waals surface area (Å²) in [5, 5.41) is 0. The number of hydrogen-bond acceptors (Lipinski definition) is 2. The molecule has 2 aromatic carbocycles. The van der Waals surface area contributed by atoms with Gasteiger partial charge in [-0.05, 0) is 49.6 Å². The van der Waals surface area contributed by atoms with Gasteiger partial charge in [0.15, 0.2) is 0 Å². The van der Waals surface area contributed by atoms with Gasteiger partial charge in [0.1, 0.15) is 11.5 Å². The van der Waals surface area contributed by atoms with Crippen molar-refractivity contribution in [2.24, 2.45) is 5.73 Å². The van der Waals surface area contributed by atoms with Gasteiger partial charge in [0.2, 0.25) is 5.91 Å². The highest BCUT2D eigenvalue weighted by Gasteiger charge is 2.17. The summed E-state index contributed by atoms with van der Waals surface area (Å²) in [6.45, 7) is 5.95. The molecule has 0 bridgehead atoms. The number of primary amides is 1. The highest BCUT2D eigenvalue weighted by Crippen LogP contribution is 2.33. The van der Waals surface area contributed by atoms with E-state index >= 15 is 0 Å². The van der Waals surface area contributed by atoms with E-state index in [1.54, 1.807) is 0 Å². The number of nitrogens with two attached hydrogens (primary N) is 1. The summed E-state index contributed by atoms with van der Waals surface area (Å²) in [5.74, 6) is 1.08. The van der Waals surface area contributed by atoms with Gasteiger partial charge >= 0.3 is 0 Å². The Morgan fingerprint density at radius 2 is 1.85 bits per heavy atom. The lowest BCUT2D eigenvalue weighted by Crippen LogP contribution is -2.15. The lowest BCUT2D eigenvalue weighted by molar-refractivity contribution is 0.0999. The van der Waals surface area contributed by atoms with Crippen molar-refractivity contribution in [1.29, 1.82) is 0 Å². The maximum Gasteiger partial charge on any atom is 0.249 e. The van der Waals surface area contributed by atoms with Gasteiger partial charge in [0.25, 0.3) is 0 Å². The van der Waals surface area contributed by atoms with E-state index in [0.29, 0.717) is 12.0 Å². The molecular formula is C17H19NO2. The van der Waals surface area contributed by atoms with Crippen LogP contribution in [0.15, 0.2) is 36.4 Å².